The highest BCUT2D eigenvalue weighted by Crippen LogP contribution is 2.41. The lowest BCUT2D eigenvalue weighted by Crippen LogP contribution is -2.21. The number of phenols is 1. The number of carbonyl (C=O) groups is 1. The standard InChI is InChI=1S/C16H14O4/c1-19-14-7-11(17)8-15-16(14)12(18)9-13(20-15)10-5-3-2-4-6-10/h2-8,13,17H,9H2,1H3. The van der Waals surface area contributed by atoms with Crippen molar-refractivity contribution in [2.24, 2.45) is 0 Å². The van der Waals surface area contributed by atoms with Gasteiger partial charge in [-0.25, -0.2) is 0 Å². The molecule has 1 atom stereocenters. The second kappa shape index (κ2) is 4.89. The van der Waals surface area contributed by atoms with E-state index in [4.69, 9.17) is 9.47 Å². The maximum Gasteiger partial charge on any atom is 0.174 e. The first-order valence-corrected chi connectivity index (χ1v) is 6.35. The second-order valence-electron chi connectivity index (χ2n) is 4.67. The fourth-order valence-electron chi connectivity index (χ4n) is 2.42. The summed E-state index contributed by atoms with van der Waals surface area (Å²) in [5.74, 6) is 0.683. The van der Waals surface area contributed by atoms with E-state index >= 15 is 0 Å². The van der Waals surface area contributed by atoms with Gasteiger partial charge in [-0.05, 0) is 5.56 Å². The number of carbonyl (C=O) groups excluding carboxylic acids is 1. The number of ketones is 1. The Morgan fingerprint density at radius 2 is 2.00 bits per heavy atom. The molecule has 0 aliphatic carbocycles. The van der Waals surface area contributed by atoms with Gasteiger partial charge in [-0.1, -0.05) is 30.3 Å². The van der Waals surface area contributed by atoms with Crippen LogP contribution in [0.1, 0.15) is 28.4 Å². The van der Waals surface area contributed by atoms with Gasteiger partial charge in [0.2, 0.25) is 0 Å². The van der Waals surface area contributed by atoms with E-state index in [1.807, 2.05) is 30.3 Å². The van der Waals surface area contributed by atoms with Crippen molar-refractivity contribution in [1.29, 1.82) is 0 Å². The summed E-state index contributed by atoms with van der Waals surface area (Å²) in [4.78, 5) is 12.3. The molecule has 2 aromatic carbocycles. The monoisotopic (exact) mass is 270 g/mol. The minimum absolute atomic E-state index is 0.0158. The normalized spacial score (nSPS) is 17.2. The molecule has 2 aromatic rings. The molecule has 0 radical (unpaired) electrons. The molecule has 0 saturated heterocycles. The molecule has 1 aliphatic heterocycles. The maximum atomic E-state index is 12.3. The molecule has 20 heavy (non-hydrogen) atoms. The van der Waals surface area contributed by atoms with Crippen LogP contribution >= 0.6 is 0 Å². The quantitative estimate of drug-likeness (QED) is 0.911. The molecular weight excluding hydrogens is 256 g/mol. The van der Waals surface area contributed by atoms with Gasteiger partial charge >= 0.3 is 0 Å². The Labute approximate surface area is 116 Å². The third-order valence-corrected chi connectivity index (χ3v) is 3.36. The average Bonchev–Trinajstić information content (AvgIpc) is 2.46. The van der Waals surface area contributed by atoms with E-state index in [-0.39, 0.29) is 24.1 Å². The zero-order valence-electron chi connectivity index (χ0n) is 11.0. The van der Waals surface area contributed by atoms with Gasteiger partial charge in [0.15, 0.2) is 5.78 Å². The van der Waals surface area contributed by atoms with E-state index in [0.29, 0.717) is 17.1 Å². The summed E-state index contributed by atoms with van der Waals surface area (Å²) in [6.07, 6.45) is -0.0688. The molecular formula is C16H14O4. The van der Waals surface area contributed by atoms with Crippen LogP contribution in [0, 0.1) is 0 Å². The minimum atomic E-state index is -0.331. The van der Waals surface area contributed by atoms with Gasteiger partial charge in [0, 0.05) is 12.1 Å². The first kappa shape index (κ1) is 12.5. The minimum Gasteiger partial charge on any atom is -0.508 e. The molecule has 102 valence electrons. The molecule has 1 heterocycles. The van der Waals surface area contributed by atoms with Crippen molar-refractivity contribution in [2.45, 2.75) is 12.5 Å². The van der Waals surface area contributed by atoms with E-state index in [9.17, 15) is 9.90 Å². The molecule has 1 unspecified atom stereocenters. The number of hydrogen-bond donors (Lipinski definition) is 1. The molecule has 3 rings (SSSR count). The maximum absolute atomic E-state index is 12.3. The molecule has 0 fully saturated rings. The lowest BCUT2D eigenvalue weighted by Gasteiger charge is -2.26. The SMILES string of the molecule is COc1cc(O)cc2c1C(=O)CC(c1ccccc1)O2. The van der Waals surface area contributed by atoms with Gasteiger partial charge in [0.05, 0.1) is 13.5 Å². The summed E-state index contributed by atoms with van der Waals surface area (Å²) < 4.78 is 11.0. The van der Waals surface area contributed by atoms with Crippen molar-refractivity contribution in [3.8, 4) is 17.2 Å². The molecule has 4 heteroatoms. The van der Waals surface area contributed by atoms with Crippen LogP contribution in [-0.2, 0) is 0 Å². The van der Waals surface area contributed by atoms with Crippen LogP contribution in [-0.4, -0.2) is 18.0 Å². The van der Waals surface area contributed by atoms with E-state index in [1.165, 1.54) is 19.2 Å². The molecule has 0 bridgehead atoms. The van der Waals surface area contributed by atoms with Crippen LogP contribution in [0.2, 0.25) is 0 Å². The highest BCUT2D eigenvalue weighted by atomic mass is 16.5. The van der Waals surface area contributed by atoms with E-state index in [0.717, 1.165) is 5.56 Å². The van der Waals surface area contributed by atoms with E-state index in [2.05, 4.69) is 0 Å². The second-order valence-corrected chi connectivity index (χ2v) is 4.67. The number of rotatable bonds is 2. The molecule has 1 aliphatic rings. The number of ether oxygens (including phenoxy) is 2. The number of aromatic hydroxyl groups is 1. The van der Waals surface area contributed by atoms with Crippen LogP contribution in [0.15, 0.2) is 42.5 Å². The summed E-state index contributed by atoms with van der Waals surface area (Å²) in [5.41, 5.74) is 1.34. The fourth-order valence-corrected chi connectivity index (χ4v) is 2.42. The Morgan fingerprint density at radius 1 is 1.25 bits per heavy atom. The predicted octanol–water partition coefficient (Wildman–Crippen LogP) is 3.11. The van der Waals surface area contributed by atoms with Gasteiger partial charge < -0.3 is 14.6 Å². The highest BCUT2D eigenvalue weighted by molar-refractivity contribution is 6.02. The Hall–Kier alpha value is -2.49. The third kappa shape index (κ3) is 2.09. The summed E-state index contributed by atoms with van der Waals surface area (Å²) in [6, 6.07) is 12.4. The number of methoxy groups -OCH3 is 1. The smallest absolute Gasteiger partial charge is 0.174 e. The Bertz CT molecular complexity index is 649. The molecule has 0 spiro atoms. The zero-order chi connectivity index (χ0) is 14.1. The molecule has 0 aromatic heterocycles. The lowest BCUT2D eigenvalue weighted by atomic mass is 9.95. The fraction of sp³-hybridized carbons (Fsp3) is 0.188. The summed E-state index contributed by atoms with van der Waals surface area (Å²) in [5, 5.41) is 9.67. The first-order valence-electron chi connectivity index (χ1n) is 6.35. The van der Waals surface area contributed by atoms with Crippen molar-refractivity contribution in [2.75, 3.05) is 7.11 Å². The van der Waals surface area contributed by atoms with Gasteiger partial charge in [0.1, 0.15) is 28.9 Å². The molecule has 0 amide bonds. The highest BCUT2D eigenvalue weighted by Gasteiger charge is 2.31. The number of phenolic OH excluding ortho intramolecular Hbond substituents is 1. The van der Waals surface area contributed by atoms with E-state index < -0.39 is 0 Å². The van der Waals surface area contributed by atoms with Gasteiger partial charge in [-0.2, -0.15) is 0 Å². The third-order valence-electron chi connectivity index (χ3n) is 3.36. The molecule has 4 nitrogen and oxygen atoms in total. The van der Waals surface area contributed by atoms with Crippen LogP contribution in [0.5, 0.6) is 17.2 Å². The van der Waals surface area contributed by atoms with Crippen LogP contribution in [0.25, 0.3) is 0 Å². The van der Waals surface area contributed by atoms with Crippen LogP contribution in [0.4, 0.5) is 0 Å². The zero-order valence-corrected chi connectivity index (χ0v) is 11.0. The van der Waals surface area contributed by atoms with Gasteiger partial charge in [-0.15, -0.1) is 0 Å². The number of Topliss-reactive ketones (excluding diaryl/α,β-unsaturated/α-hetero) is 1. The Morgan fingerprint density at radius 3 is 2.70 bits per heavy atom. The van der Waals surface area contributed by atoms with Crippen LogP contribution in [0.3, 0.4) is 0 Å². The molecule has 1 N–H and O–H groups in total. The van der Waals surface area contributed by atoms with Crippen molar-refractivity contribution in [1.82, 2.24) is 0 Å². The Balaban J connectivity index is 2.03. The predicted molar refractivity (Wildman–Crippen MR) is 73.4 cm³/mol. The topological polar surface area (TPSA) is 55.8 Å². The van der Waals surface area contributed by atoms with E-state index in [1.54, 1.807) is 0 Å². The van der Waals surface area contributed by atoms with Crippen molar-refractivity contribution < 1.29 is 19.4 Å². The van der Waals surface area contributed by atoms with Gasteiger partial charge in [-0.3, -0.25) is 4.79 Å². The largest absolute Gasteiger partial charge is 0.508 e. The number of fused-ring (bicyclic) bond motifs is 1. The van der Waals surface area contributed by atoms with Crippen molar-refractivity contribution in [3.63, 3.8) is 0 Å². The van der Waals surface area contributed by atoms with Crippen molar-refractivity contribution >= 4 is 5.78 Å². The average molecular weight is 270 g/mol. The summed E-state index contributed by atoms with van der Waals surface area (Å²) >= 11 is 0. The number of hydrogen-bond acceptors (Lipinski definition) is 4. The number of benzene rings is 2. The van der Waals surface area contributed by atoms with Crippen molar-refractivity contribution in [3.05, 3.63) is 53.6 Å². The van der Waals surface area contributed by atoms with Gasteiger partial charge in [0.25, 0.3) is 0 Å². The first-order chi connectivity index (χ1) is 9.69. The van der Waals surface area contributed by atoms with Crippen LogP contribution < -0.4 is 9.47 Å². The summed E-state index contributed by atoms with van der Waals surface area (Å²) in [6.45, 7) is 0. The Kier molecular flexibility index (Phi) is 3.06. The summed E-state index contributed by atoms with van der Waals surface area (Å²) in [7, 11) is 1.46. The lowest BCUT2D eigenvalue weighted by molar-refractivity contribution is 0.0844. The molecule has 0 saturated carbocycles.